The Morgan fingerprint density at radius 2 is 1.88 bits per heavy atom. The number of rotatable bonds is 4. The summed E-state index contributed by atoms with van der Waals surface area (Å²) >= 11 is 0. The fraction of sp³-hybridized carbons (Fsp3) is 0.235. The lowest BCUT2D eigenvalue weighted by Crippen LogP contribution is -2.17. The number of ether oxygens (including phenoxy) is 1. The molecule has 0 saturated carbocycles. The zero-order valence-electron chi connectivity index (χ0n) is 13.6. The number of H-pyrrole nitrogens is 1. The monoisotopic (exact) mass is 362 g/mol. The van der Waals surface area contributed by atoms with Crippen LogP contribution in [0.15, 0.2) is 23.0 Å². The molecule has 0 bridgehead atoms. The van der Waals surface area contributed by atoms with Gasteiger partial charge in [-0.25, -0.2) is 0 Å². The van der Waals surface area contributed by atoms with Gasteiger partial charge >= 0.3 is 6.18 Å². The van der Waals surface area contributed by atoms with E-state index in [1.807, 2.05) is 0 Å². The molecule has 1 heterocycles. The predicted octanol–water partition coefficient (Wildman–Crippen LogP) is 3.18. The van der Waals surface area contributed by atoms with E-state index in [1.54, 1.807) is 19.1 Å². The van der Waals surface area contributed by atoms with Gasteiger partial charge in [0.25, 0.3) is 5.56 Å². The third kappa shape index (κ3) is 3.47. The Kier molecular flexibility index (Phi) is 5.22. The molecule has 3 N–H and O–H groups in total. The van der Waals surface area contributed by atoms with Crippen LogP contribution in [-0.4, -0.2) is 11.6 Å². The average molecular weight is 362 g/mol. The summed E-state index contributed by atoms with van der Waals surface area (Å²) in [6.45, 7) is 2.00. The number of aromatic amines is 1. The smallest absolute Gasteiger partial charge is 0.416 e. The van der Waals surface area contributed by atoms with Gasteiger partial charge in [0.05, 0.1) is 12.2 Å². The summed E-state index contributed by atoms with van der Waals surface area (Å²) in [5.41, 5.74) is 2.40. The van der Waals surface area contributed by atoms with E-state index in [-0.39, 0.29) is 34.9 Å². The van der Waals surface area contributed by atoms with Crippen LogP contribution >= 0.6 is 0 Å². The minimum absolute atomic E-state index is 0.0119. The zero-order chi connectivity index (χ0) is 19.5. The minimum Gasteiger partial charge on any atom is -0.493 e. The first-order chi connectivity index (χ1) is 12.2. The van der Waals surface area contributed by atoms with Crippen LogP contribution in [0.2, 0.25) is 0 Å². The number of hydrogen-bond donors (Lipinski definition) is 2. The number of nitrogens with two attached hydrogens (primary N) is 1. The molecule has 1 aromatic carbocycles. The molecule has 0 fully saturated rings. The molecule has 0 unspecified atom stereocenters. The lowest BCUT2D eigenvalue weighted by Gasteiger charge is -2.16. The summed E-state index contributed by atoms with van der Waals surface area (Å²) in [5.74, 6) is -0.330. The normalized spacial score (nSPS) is 10.8. The molecule has 2 rings (SSSR count). The van der Waals surface area contributed by atoms with Crippen LogP contribution < -0.4 is 16.0 Å². The van der Waals surface area contributed by atoms with Crippen LogP contribution in [0.5, 0.6) is 5.75 Å². The van der Waals surface area contributed by atoms with Gasteiger partial charge in [0, 0.05) is 11.1 Å². The molecule has 0 aliphatic heterocycles. The molecule has 1 aromatic heterocycles. The maximum Gasteiger partial charge on any atom is 0.416 e. The summed E-state index contributed by atoms with van der Waals surface area (Å²) in [5, 5.41) is 18.6. The summed E-state index contributed by atoms with van der Waals surface area (Å²) in [6.07, 6.45) is -4.08. The standard InChI is InChI=1S/C17H13F3N4O2/c1-2-5-26-13-4-3-9(17(18,19)20)6-10(13)14-11(7-21)15(23)24-16(25)12(14)8-22/h3-4,6H,2,5H2,1H3,(H3,23,24,25). The Morgan fingerprint density at radius 3 is 2.42 bits per heavy atom. The molecule has 0 atom stereocenters. The predicted molar refractivity (Wildman–Crippen MR) is 87.1 cm³/mol. The van der Waals surface area contributed by atoms with Crippen LogP contribution in [0.25, 0.3) is 11.1 Å². The lowest BCUT2D eigenvalue weighted by molar-refractivity contribution is -0.137. The van der Waals surface area contributed by atoms with Crippen LogP contribution in [0.3, 0.4) is 0 Å². The van der Waals surface area contributed by atoms with Crippen molar-refractivity contribution in [2.45, 2.75) is 19.5 Å². The van der Waals surface area contributed by atoms with E-state index in [0.29, 0.717) is 6.42 Å². The third-order valence-electron chi connectivity index (χ3n) is 3.51. The van der Waals surface area contributed by atoms with Crippen molar-refractivity contribution in [1.82, 2.24) is 4.98 Å². The zero-order valence-corrected chi connectivity index (χ0v) is 13.6. The Bertz CT molecular complexity index is 982. The fourth-order valence-corrected chi connectivity index (χ4v) is 2.35. The molecule has 9 heteroatoms. The lowest BCUT2D eigenvalue weighted by atomic mass is 9.94. The molecule has 0 spiro atoms. The first kappa shape index (κ1) is 18.9. The fourth-order valence-electron chi connectivity index (χ4n) is 2.35. The van der Waals surface area contributed by atoms with Crippen molar-refractivity contribution < 1.29 is 17.9 Å². The summed E-state index contributed by atoms with van der Waals surface area (Å²) in [4.78, 5) is 14.2. The van der Waals surface area contributed by atoms with Gasteiger partial charge in [0.1, 0.15) is 34.8 Å². The van der Waals surface area contributed by atoms with Crippen molar-refractivity contribution in [3.63, 3.8) is 0 Å². The number of nitriles is 2. The van der Waals surface area contributed by atoms with Crippen molar-refractivity contribution in [2.24, 2.45) is 0 Å². The number of aromatic nitrogens is 1. The van der Waals surface area contributed by atoms with Crippen molar-refractivity contribution in [2.75, 3.05) is 12.3 Å². The van der Waals surface area contributed by atoms with Crippen molar-refractivity contribution in [3.05, 3.63) is 45.2 Å². The van der Waals surface area contributed by atoms with Crippen LogP contribution in [0, 0.1) is 22.7 Å². The second kappa shape index (κ2) is 7.19. The number of hydrogen-bond acceptors (Lipinski definition) is 5. The number of benzene rings is 1. The summed E-state index contributed by atoms with van der Waals surface area (Å²) in [6, 6.07) is 5.99. The van der Waals surface area contributed by atoms with Gasteiger partial charge in [-0.3, -0.25) is 4.79 Å². The average Bonchev–Trinajstić information content (AvgIpc) is 2.58. The molecule has 0 aliphatic carbocycles. The van der Waals surface area contributed by atoms with Gasteiger partial charge in [-0.1, -0.05) is 6.92 Å². The molecule has 134 valence electrons. The topological polar surface area (TPSA) is 116 Å². The molecular weight excluding hydrogens is 349 g/mol. The Hall–Kier alpha value is -3.46. The van der Waals surface area contributed by atoms with Gasteiger partial charge < -0.3 is 15.5 Å². The minimum atomic E-state index is -4.66. The molecule has 0 amide bonds. The molecule has 0 aliphatic rings. The highest BCUT2D eigenvalue weighted by molar-refractivity contribution is 5.83. The van der Waals surface area contributed by atoms with E-state index in [4.69, 9.17) is 10.5 Å². The number of nitrogen functional groups attached to an aromatic ring is 1. The van der Waals surface area contributed by atoms with Crippen molar-refractivity contribution >= 4 is 5.82 Å². The second-order valence-corrected chi connectivity index (χ2v) is 5.27. The van der Waals surface area contributed by atoms with E-state index in [9.17, 15) is 28.5 Å². The largest absolute Gasteiger partial charge is 0.493 e. The van der Waals surface area contributed by atoms with Crippen LogP contribution in [0.4, 0.5) is 19.0 Å². The SMILES string of the molecule is CCCOc1ccc(C(F)(F)F)cc1-c1c(C#N)c(N)[nH]c(=O)c1C#N. The van der Waals surface area contributed by atoms with Gasteiger partial charge in [-0.2, -0.15) is 23.7 Å². The second-order valence-electron chi connectivity index (χ2n) is 5.27. The third-order valence-corrected chi connectivity index (χ3v) is 3.51. The van der Waals surface area contributed by atoms with E-state index in [2.05, 4.69) is 4.98 Å². The van der Waals surface area contributed by atoms with Crippen LogP contribution in [-0.2, 0) is 6.18 Å². The highest BCUT2D eigenvalue weighted by Crippen LogP contribution is 2.39. The molecule has 2 aromatic rings. The number of pyridine rings is 1. The molecule has 0 radical (unpaired) electrons. The quantitative estimate of drug-likeness (QED) is 0.867. The molecule has 0 saturated heterocycles. The maximum absolute atomic E-state index is 13.1. The summed E-state index contributed by atoms with van der Waals surface area (Å²) < 4.78 is 44.8. The highest BCUT2D eigenvalue weighted by atomic mass is 19.4. The Morgan fingerprint density at radius 1 is 1.23 bits per heavy atom. The van der Waals surface area contributed by atoms with E-state index >= 15 is 0 Å². The Balaban J connectivity index is 2.92. The van der Waals surface area contributed by atoms with Crippen LogP contribution in [0.1, 0.15) is 30.0 Å². The van der Waals surface area contributed by atoms with Crippen molar-refractivity contribution in [3.8, 4) is 29.0 Å². The number of alkyl halides is 3. The van der Waals surface area contributed by atoms with Gasteiger partial charge in [-0.15, -0.1) is 0 Å². The van der Waals surface area contributed by atoms with Gasteiger partial charge in [-0.05, 0) is 24.6 Å². The van der Waals surface area contributed by atoms with E-state index in [0.717, 1.165) is 18.2 Å². The first-order valence-electron chi connectivity index (χ1n) is 7.44. The molecular formula is C17H13F3N4O2. The molecule has 6 nitrogen and oxygen atoms in total. The number of halogens is 3. The number of nitrogens with one attached hydrogen (secondary N) is 1. The van der Waals surface area contributed by atoms with Gasteiger partial charge in [0.15, 0.2) is 0 Å². The van der Waals surface area contributed by atoms with E-state index in [1.165, 1.54) is 0 Å². The molecule has 26 heavy (non-hydrogen) atoms. The number of anilines is 1. The summed E-state index contributed by atoms with van der Waals surface area (Å²) in [7, 11) is 0. The van der Waals surface area contributed by atoms with E-state index < -0.39 is 22.9 Å². The number of nitrogens with zero attached hydrogens (tertiary/aromatic N) is 2. The first-order valence-corrected chi connectivity index (χ1v) is 7.44. The highest BCUT2D eigenvalue weighted by Gasteiger charge is 2.32. The van der Waals surface area contributed by atoms with Crippen molar-refractivity contribution in [1.29, 1.82) is 10.5 Å². The Labute approximate surface area is 146 Å². The maximum atomic E-state index is 13.1. The van der Waals surface area contributed by atoms with Gasteiger partial charge in [0.2, 0.25) is 0 Å².